The topological polar surface area (TPSA) is 47.3 Å². The lowest BCUT2D eigenvalue weighted by Gasteiger charge is -2.16. The molecule has 0 aliphatic carbocycles. The van der Waals surface area contributed by atoms with Gasteiger partial charge in [-0.2, -0.15) is 0 Å². The lowest BCUT2D eigenvalue weighted by atomic mass is 10.6. The second-order valence-corrected chi connectivity index (χ2v) is 11.4. The quantitative estimate of drug-likeness (QED) is 0.649. The number of halogens is 1. The Bertz CT molecular complexity index is 336. The Hall–Kier alpha value is -0.173. The summed E-state index contributed by atoms with van der Waals surface area (Å²) in [6, 6.07) is 1.15. The third-order valence-corrected chi connectivity index (χ3v) is 4.58. The second kappa shape index (κ2) is 5.95. The molecule has 0 saturated carbocycles. The molecule has 0 saturated heterocycles. The van der Waals surface area contributed by atoms with Crippen LogP contribution < -0.4 is 0 Å². The maximum Gasteiger partial charge on any atom is 0.137 e. The Morgan fingerprint density at radius 2 is 2.19 bits per heavy atom. The first-order valence-corrected chi connectivity index (χ1v) is 9.82. The lowest BCUT2D eigenvalue weighted by Crippen LogP contribution is -2.22. The van der Waals surface area contributed by atoms with Crippen molar-refractivity contribution in [1.82, 2.24) is 9.55 Å². The molecule has 1 aromatic rings. The molecule has 92 valence electrons. The highest BCUT2D eigenvalue weighted by molar-refractivity contribution is 9.10. The minimum Gasteiger partial charge on any atom is -0.388 e. The molecule has 0 bridgehead atoms. The summed E-state index contributed by atoms with van der Waals surface area (Å²) in [4.78, 5) is 4.06. The van der Waals surface area contributed by atoms with Crippen LogP contribution in [0.3, 0.4) is 0 Å². The molecule has 0 aliphatic rings. The minimum absolute atomic E-state index is 0.0665. The molecule has 0 atom stereocenters. The van der Waals surface area contributed by atoms with Crippen LogP contribution in [0.15, 0.2) is 10.8 Å². The Balaban J connectivity index is 2.40. The first kappa shape index (κ1) is 13.9. The SMILES string of the molecule is C[Si](C)(C)CCOCn1c(Br)cnc1CO. The fourth-order valence-electron chi connectivity index (χ4n) is 1.19. The highest BCUT2D eigenvalue weighted by Crippen LogP contribution is 2.13. The maximum absolute atomic E-state index is 9.06. The van der Waals surface area contributed by atoms with Gasteiger partial charge in [0.25, 0.3) is 0 Å². The molecule has 1 N–H and O–H groups in total. The van der Waals surface area contributed by atoms with E-state index in [9.17, 15) is 0 Å². The van der Waals surface area contributed by atoms with E-state index < -0.39 is 8.07 Å². The standard InChI is InChI=1S/C10H19BrN2O2Si/c1-16(2,3)5-4-15-8-13-9(11)6-12-10(13)7-14/h6,14H,4-5,7-8H2,1-3H3. The van der Waals surface area contributed by atoms with Crippen LogP contribution in [0, 0.1) is 0 Å². The van der Waals surface area contributed by atoms with E-state index in [1.807, 2.05) is 4.57 Å². The Labute approximate surface area is 106 Å². The second-order valence-electron chi connectivity index (χ2n) is 4.93. The van der Waals surface area contributed by atoms with Crippen molar-refractivity contribution in [2.75, 3.05) is 6.61 Å². The van der Waals surface area contributed by atoms with Gasteiger partial charge in [0, 0.05) is 14.7 Å². The van der Waals surface area contributed by atoms with E-state index >= 15 is 0 Å². The number of hydrogen-bond acceptors (Lipinski definition) is 3. The van der Waals surface area contributed by atoms with Gasteiger partial charge in [-0.3, -0.25) is 4.57 Å². The fourth-order valence-corrected chi connectivity index (χ4v) is 2.35. The van der Waals surface area contributed by atoms with Crippen LogP contribution in [-0.2, 0) is 18.1 Å². The molecule has 1 heterocycles. The zero-order chi connectivity index (χ0) is 12.2. The van der Waals surface area contributed by atoms with Gasteiger partial charge < -0.3 is 9.84 Å². The Kier molecular flexibility index (Phi) is 5.17. The first-order valence-electron chi connectivity index (χ1n) is 5.32. The van der Waals surface area contributed by atoms with Crippen molar-refractivity contribution in [2.24, 2.45) is 0 Å². The van der Waals surface area contributed by atoms with E-state index in [0.717, 1.165) is 17.3 Å². The molecular weight excluding hydrogens is 288 g/mol. The van der Waals surface area contributed by atoms with Gasteiger partial charge >= 0.3 is 0 Å². The van der Waals surface area contributed by atoms with Gasteiger partial charge in [-0.1, -0.05) is 19.6 Å². The molecule has 6 heteroatoms. The normalized spacial score (nSPS) is 12.1. The average molecular weight is 307 g/mol. The lowest BCUT2D eigenvalue weighted by molar-refractivity contribution is 0.0802. The van der Waals surface area contributed by atoms with Crippen LogP contribution in [0.4, 0.5) is 0 Å². The number of aromatic nitrogens is 2. The van der Waals surface area contributed by atoms with Gasteiger partial charge in [0.2, 0.25) is 0 Å². The number of hydrogen-bond donors (Lipinski definition) is 1. The number of rotatable bonds is 6. The molecule has 1 aromatic heterocycles. The maximum atomic E-state index is 9.06. The van der Waals surface area contributed by atoms with E-state index in [0.29, 0.717) is 12.6 Å². The minimum atomic E-state index is -1.03. The third kappa shape index (κ3) is 4.37. The van der Waals surface area contributed by atoms with Crippen molar-refractivity contribution in [2.45, 2.75) is 39.0 Å². The van der Waals surface area contributed by atoms with Crippen molar-refractivity contribution in [3.8, 4) is 0 Å². The van der Waals surface area contributed by atoms with Gasteiger partial charge in [-0.15, -0.1) is 0 Å². The number of ether oxygens (including phenoxy) is 1. The summed E-state index contributed by atoms with van der Waals surface area (Å²) in [5.41, 5.74) is 0. The monoisotopic (exact) mass is 306 g/mol. The van der Waals surface area contributed by atoms with Crippen molar-refractivity contribution < 1.29 is 9.84 Å². The molecule has 0 amide bonds. The van der Waals surface area contributed by atoms with Crippen molar-refractivity contribution in [3.63, 3.8) is 0 Å². The van der Waals surface area contributed by atoms with E-state index in [2.05, 4.69) is 40.6 Å². The van der Waals surface area contributed by atoms with Gasteiger partial charge in [0.1, 0.15) is 23.8 Å². The van der Waals surface area contributed by atoms with Gasteiger partial charge in [0.05, 0.1) is 6.20 Å². The van der Waals surface area contributed by atoms with Crippen LogP contribution in [0.25, 0.3) is 0 Å². The summed E-state index contributed by atoms with van der Waals surface area (Å²) in [6.45, 7) is 8.11. The molecule has 0 unspecified atom stereocenters. The van der Waals surface area contributed by atoms with E-state index in [1.165, 1.54) is 0 Å². The van der Waals surface area contributed by atoms with E-state index in [1.54, 1.807) is 6.20 Å². The Morgan fingerprint density at radius 1 is 1.50 bits per heavy atom. The molecule has 0 fully saturated rings. The smallest absolute Gasteiger partial charge is 0.137 e. The van der Waals surface area contributed by atoms with Crippen molar-refractivity contribution in [3.05, 3.63) is 16.6 Å². The van der Waals surface area contributed by atoms with E-state index in [-0.39, 0.29) is 6.61 Å². The molecule has 16 heavy (non-hydrogen) atoms. The summed E-state index contributed by atoms with van der Waals surface area (Å²) in [5.74, 6) is 0.625. The fraction of sp³-hybridized carbons (Fsp3) is 0.700. The molecule has 1 rings (SSSR count). The summed E-state index contributed by atoms with van der Waals surface area (Å²) < 4.78 is 8.26. The summed E-state index contributed by atoms with van der Waals surface area (Å²) in [6.07, 6.45) is 1.67. The number of nitrogens with zero attached hydrogens (tertiary/aromatic N) is 2. The number of aliphatic hydroxyl groups excluding tert-OH is 1. The van der Waals surface area contributed by atoms with Crippen molar-refractivity contribution >= 4 is 24.0 Å². The third-order valence-electron chi connectivity index (χ3n) is 2.25. The van der Waals surface area contributed by atoms with E-state index in [4.69, 9.17) is 9.84 Å². The summed E-state index contributed by atoms with van der Waals surface area (Å²) >= 11 is 3.37. The summed E-state index contributed by atoms with van der Waals surface area (Å²) in [7, 11) is -1.03. The predicted octanol–water partition coefficient (Wildman–Crippen LogP) is 2.45. The number of aliphatic hydroxyl groups is 1. The molecule has 0 radical (unpaired) electrons. The average Bonchev–Trinajstić information content (AvgIpc) is 2.53. The predicted molar refractivity (Wildman–Crippen MR) is 70.0 cm³/mol. The highest BCUT2D eigenvalue weighted by Gasteiger charge is 2.12. The van der Waals surface area contributed by atoms with Gasteiger partial charge in [-0.05, 0) is 22.0 Å². The zero-order valence-electron chi connectivity index (χ0n) is 10.0. The zero-order valence-corrected chi connectivity index (χ0v) is 12.6. The highest BCUT2D eigenvalue weighted by atomic mass is 79.9. The largest absolute Gasteiger partial charge is 0.388 e. The molecular formula is C10H19BrN2O2Si. The molecule has 0 aliphatic heterocycles. The van der Waals surface area contributed by atoms with Gasteiger partial charge in [-0.25, -0.2) is 4.98 Å². The van der Waals surface area contributed by atoms with Crippen molar-refractivity contribution in [1.29, 1.82) is 0 Å². The molecule has 4 nitrogen and oxygen atoms in total. The van der Waals surface area contributed by atoms with Crippen LogP contribution in [-0.4, -0.2) is 29.3 Å². The molecule has 0 spiro atoms. The van der Waals surface area contributed by atoms with Crippen LogP contribution >= 0.6 is 15.9 Å². The summed E-state index contributed by atoms with van der Waals surface area (Å²) in [5, 5.41) is 9.06. The van der Waals surface area contributed by atoms with Gasteiger partial charge in [0.15, 0.2) is 0 Å². The van der Waals surface area contributed by atoms with Crippen LogP contribution in [0.1, 0.15) is 5.82 Å². The molecule has 0 aromatic carbocycles. The van der Waals surface area contributed by atoms with Crippen LogP contribution in [0.5, 0.6) is 0 Å². The Morgan fingerprint density at radius 3 is 2.75 bits per heavy atom. The first-order chi connectivity index (χ1) is 7.44. The van der Waals surface area contributed by atoms with Crippen LogP contribution in [0.2, 0.25) is 25.7 Å². The number of imidazole rings is 1.